The summed E-state index contributed by atoms with van der Waals surface area (Å²) >= 11 is 0. The van der Waals surface area contributed by atoms with Gasteiger partial charge in [-0.25, -0.2) is 8.42 Å². The van der Waals surface area contributed by atoms with E-state index in [0.29, 0.717) is 6.42 Å². The van der Waals surface area contributed by atoms with Crippen LogP contribution < -0.4 is 15.4 Å². The highest BCUT2D eigenvalue weighted by molar-refractivity contribution is 7.91. The first-order valence-corrected chi connectivity index (χ1v) is 9.32. The molecular formula is C15H22N2O3S. The maximum atomic E-state index is 11.4. The largest absolute Gasteiger partial charge is 0.489 e. The summed E-state index contributed by atoms with van der Waals surface area (Å²) in [4.78, 5) is 2.29. The van der Waals surface area contributed by atoms with Crippen molar-refractivity contribution in [2.75, 3.05) is 29.5 Å². The van der Waals surface area contributed by atoms with Crippen LogP contribution in [0.25, 0.3) is 0 Å². The molecule has 2 saturated heterocycles. The van der Waals surface area contributed by atoms with Crippen LogP contribution in [0, 0.1) is 0 Å². The average molecular weight is 310 g/mol. The minimum Gasteiger partial charge on any atom is -0.489 e. The van der Waals surface area contributed by atoms with Crippen LogP contribution in [-0.4, -0.2) is 45.2 Å². The van der Waals surface area contributed by atoms with Crippen LogP contribution in [-0.2, 0) is 9.84 Å². The summed E-state index contributed by atoms with van der Waals surface area (Å²) in [5.74, 6) is 1.11. The predicted molar refractivity (Wildman–Crippen MR) is 83.6 cm³/mol. The first kappa shape index (κ1) is 14.7. The van der Waals surface area contributed by atoms with E-state index in [1.165, 1.54) is 0 Å². The van der Waals surface area contributed by atoms with E-state index < -0.39 is 9.84 Å². The van der Waals surface area contributed by atoms with Gasteiger partial charge in [0.05, 0.1) is 11.5 Å². The highest BCUT2D eigenvalue weighted by Crippen LogP contribution is 2.25. The molecule has 2 unspecified atom stereocenters. The number of piperidine rings is 1. The second kappa shape index (κ2) is 5.85. The van der Waals surface area contributed by atoms with Gasteiger partial charge in [0.2, 0.25) is 0 Å². The monoisotopic (exact) mass is 310 g/mol. The quantitative estimate of drug-likeness (QED) is 0.907. The van der Waals surface area contributed by atoms with Gasteiger partial charge >= 0.3 is 0 Å². The van der Waals surface area contributed by atoms with E-state index in [2.05, 4.69) is 4.90 Å². The maximum Gasteiger partial charge on any atom is 0.154 e. The van der Waals surface area contributed by atoms with Crippen molar-refractivity contribution in [3.8, 4) is 5.75 Å². The number of anilines is 1. The zero-order valence-corrected chi connectivity index (χ0v) is 12.9. The fourth-order valence-corrected chi connectivity index (χ4v) is 4.62. The molecular weight excluding hydrogens is 288 g/mol. The predicted octanol–water partition coefficient (Wildman–Crippen LogP) is 1.18. The number of hydrogen-bond donors (Lipinski definition) is 1. The van der Waals surface area contributed by atoms with Crippen LogP contribution in [0.15, 0.2) is 24.3 Å². The molecule has 0 aromatic heterocycles. The lowest BCUT2D eigenvalue weighted by Crippen LogP contribution is -2.42. The lowest BCUT2D eigenvalue weighted by molar-refractivity contribution is 0.229. The summed E-state index contributed by atoms with van der Waals surface area (Å²) in [7, 11) is -2.89. The molecule has 0 bridgehead atoms. The summed E-state index contributed by atoms with van der Waals surface area (Å²) in [5.41, 5.74) is 7.15. The normalized spacial score (nSPS) is 28.5. The third-order valence-corrected chi connectivity index (χ3v) is 5.89. The Morgan fingerprint density at radius 1 is 1.19 bits per heavy atom. The van der Waals surface area contributed by atoms with E-state index in [0.717, 1.165) is 37.4 Å². The van der Waals surface area contributed by atoms with Gasteiger partial charge < -0.3 is 15.4 Å². The van der Waals surface area contributed by atoms with E-state index in [1.807, 2.05) is 24.3 Å². The Morgan fingerprint density at radius 2 is 1.95 bits per heavy atom. The molecule has 116 valence electrons. The summed E-state index contributed by atoms with van der Waals surface area (Å²) in [6, 6.07) is 8.13. The molecule has 2 atom stereocenters. The van der Waals surface area contributed by atoms with Crippen LogP contribution in [0.3, 0.4) is 0 Å². The second-order valence-corrected chi connectivity index (χ2v) is 8.21. The Morgan fingerprint density at radius 3 is 2.57 bits per heavy atom. The molecule has 6 heteroatoms. The van der Waals surface area contributed by atoms with E-state index in [4.69, 9.17) is 10.5 Å². The van der Waals surface area contributed by atoms with Crippen molar-refractivity contribution in [2.45, 2.75) is 31.4 Å². The highest BCUT2D eigenvalue weighted by Gasteiger charge is 2.29. The highest BCUT2D eigenvalue weighted by atomic mass is 32.2. The summed E-state index contributed by atoms with van der Waals surface area (Å²) in [5, 5.41) is 0. The van der Waals surface area contributed by atoms with Crippen molar-refractivity contribution in [1.82, 2.24) is 0 Å². The third kappa shape index (κ3) is 3.68. The number of nitrogens with two attached hydrogens (primary N) is 1. The maximum absolute atomic E-state index is 11.4. The lowest BCUT2D eigenvalue weighted by Gasteiger charge is -2.32. The van der Waals surface area contributed by atoms with Crippen molar-refractivity contribution in [2.24, 2.45) is 5.73 Å². The standard InChI is InChI=1S/C15H22N2O3S/c16-12-2-1-8-17(10-12)13-3-5-14(6-4-13)20-15-7-9-21(18,19)11-15/h3-6,12,15H,1-2,7-11,16H2. The van der Waals surface area contributed by atoms with Gasteiger partial charge in [-0.1, -0.05) is 0 Å². The van der Waals surface area contributed by atoms with Crippen LogP contribution in [0.4, 0.5) is 5.69 Å². The van der Waals surface area contributed by atoms with Crippen molar-refractivity contribution in [3.05, 3.63) is 24.3 Å². The molecule has 0 radical (unpaired) electrons. The van der Waals surface area contributed by atoms with E-state index in [1.54, 1.807) is 0 Å². The van der Waals surface area contributed by atoms with Crippen molar-refractivity contribution in [1.29, 1.82) is 0 Å². The Balaban J connectivity index is 1.62. The smallest absolute Gasteiger partial charge is 0.154 e. The molecule has 5 nitrogen and oxygen atoms in total. The van der Waals surface area contributed by atoms with Crippen molar-refractivity contribution in [3.63, 3.8) is 0 Å². The number of nitrogens with zero attached hydrogens (tertiary/aromatic N) is 1. The average Bonchev–Trinajstić information content (AvgIpc) is 2.79. The topological polar surface area (TPSA) is 72.6 Å². The molecule has 1 aromatic carbocycles. The number of benzene rings is 1. The van der Waals surface area contributed by atoms with Gasteiger partial charge in [0.1, 0.15) is 11.9 Å². The zero-order valence-electron chi connectivity index (χ0n) is 12.1. The molecule has 0 amide bonds. The fourth-order valence-electron chi connectivity index (χ4n) is 3.03. The Bertz CT molecular complexity index is 585. The van der Waals surface area contributed by atoms with Gasteiger partial charge in [0, 0.05) is 24.8 Å². The molecule has 0 saturated carbocycles. The van der Waals surface area contributed by atoms with E-state index in [9.17, 15) is 8.42 Å². The zero-order chi connectivity index (χ0) is 14.9. The molecule has 2 aliphatic heterocycles. The molecule has 1 aromatic rings. The lowest BCUT2D eigenvalue weighted by atomic mass is 10.1. The third-order valence-electron chi connectivity index (χ3n) is 4.15. The van der Waals surface area contributed by atoms with Crippen molar-refractivity contribution >= 4 is 15.5 Å². The Kier molecular flexibility index (Phi) is 4.08. The first-order valence-electron chi connectivity index (χ1n) is 7.49. The van der Waals surface area contributed by atoms with Gasteiger partial charge in [0.15, 0.2) is 9.84 Å². The number of sulfone groups is 1. The first-order chi connectivity index (χ1) is 10.0. The van der Waals surface area contributed by atoms with E-state index >= 15 is 0 Å². The number of hydrogen-bond acceptors (Lipinski definition) is 5. The SMILES string of the molecule is NC1CCCN(c2ccc(OC3CCS(=O)(=O)C3)cc2)C1. The minimum absolute atomic E-state index is 0.135. The second-order valence-electron chi connectivity index (χ2n) is 5.99. The van der Waals surface area contributed by atoms with Crippen LogP contribution in [0.1, 0.15) is 19.3 Å². The molecule has 21 heavy (non-hydrogen) atoms. The van der Waals surface area contributed by atoms with Gasteiger partial charge in [-0.15, -0.1) is 0 Å². The molecule has 0 spiro atoms. The molecule has 2 aliphatic rings. The Hall–Kier alpha value is -1.27. The summed E-state index contributed by atoms with van der Waals surface area (Å²) in [6.45, 7) is 1.93. The molecule has 0 aliphatic carbocycles. The van der Waals surface area contributed by atoms with Crippen molar-refractivity contribution < 1.29 is 13.2 Å². The van der Waals surface area contributed by atoms with E-state index in [-0.39, 0.29) is 23.7 Å². The summed E-state index contributed by atoms with van der Waals surface area (Å²) < 4.78 is 28.6. The molecule has 2 fully saturated rings. The van der Waals surface area contributed by atoms with Gasteiger partial charge in [-0.3, -0.25) is 0 Å². The summed E-state index contributed by atoms with van der Waals surface area (Å²) in [6.07, 6.45) is 2.60. The van der Waals surface area contributed by atoms with Gasteiger partial charge in [0.25, 0.3) is 0 Å². The fraction of sp³-hybridized carbons (Fsp3) is 0.600. The van der Waals surface area contributed by atoms with Gasteiger partial charge in [-0.05, 0) is 43.5 Å². The van der Waals surface area contributed by atoms with Crippen LogP contribution >= 0.6 is 0 Å². The van der Waals surface area contributed by atoms with Crippen LogP contribution in [0.2, 0.25) is 0 Å². The molecule has 3 rings (SSSR count). The van der Waals surface area contributed by atoms with Crippen LogP contribution in [0.5, 0.6) is 5.75 Å². The van der Waals surface area contributed by atoms with Gasteiger partial charge in [-0.2, -0.15) is 0 Å². The number of ether oxygens (including phenoxy) is 1. The molecule has 2 heterocycles. The molecule has 2 N–H and O–H groups in total. The number of rotatable bonds is 3. The minimum atomic E-state index is -2.89. The Labute approximate surface area is 126 Å².